The maximum atomic E-state index is 5.98. The average Bonchev–Trinajstić information content (AvgIpc) is 2.56. The molecule has 2 rings (SSSR count). The fourth-order valence-corrected chi connectivity index (χ4v) is 3.39. The Hall–Kier alpha value is -1.55. The Balaban J connectivity index is 2.39. The van der Waals surface area contributed by atoms with E-state index < -0.39 is 0 Å². The summed E-state index contributed by atoms with van der Waals surface area (Å²) in [5.41, 5.74) is 3.65. The van der Waals surface area contributed by atoms with Crippen molar-refractivity contribution in [2.45, 2.75) is 59.4 Å². The molecule has 1 atom stereocenters. The van der Waals surface area contributed by atoms with Gasteiger partial charge in [-0.3, -0.25) is 4.99 Å². The molecule has 0 saturated carbocycles. The second-order valence-corrected chi connectivity index (χ2v) is 8.50. The highest BCUT2D eigenvalue weighted by Gasteiger charge is 2.28. The molecule has 0 heterocycles. The van der Waals surface area contributed by atoms with Crippen molar-refractivity contribution in [2.24, 2.45) is 16.8 Å². The predicted octanol–water partition coefficient (Wildman–Crippen LogP) is 4.92. The molecular formula is C22H35NO3. The van der Waals surface area contributed by atoms with Gasteiger partial charge in [0.25, 0.3) is 0 Å². The maximum Gasteiger partial charge on any atom is 0.161 e. The minimum Gasteiger partial charge on any atom is -0.493 e. The Labute approximate surface area is 159 Å². The highest BCUT2D eigenvalue weighted by molar-refractivity contribution is 6.03. The molecule has 1 unspecified atom stereocenters. The van der Waals surface area contributed by atoms with E-state index in [1.165, 1.54) is 16.8 Å². The van der Waals surface area contributed by atoms with E-state index in [-0.39, 0.29) is 5.54 Å². The highest BCUT2D eigenvalue weighted by atomic mass is 16.5. The van der Waals surface area contributed by atoms with Gasteiger partial charge < -0.3 is 14.2 Å². The number of benzene rings is 1. The third-order valence-corrected chi connectivity index (χ3v) is 4.80. The lowest BCUT2D eigenvalue weighted by Crippen LogP contribution is -2.27. The van der Waals surface area contributed by atoms with Crippen molar-refractivity contribution in [3.63, 3.8) is 0 Å². The maximum absolute atomic E-state index is 5.98. The molecule has 1 aliphatic carbocycles. The molecule has 0 bridgehead atoms. The molecule has 0 aromatic heterocycles. The van der Waals surface area contributed by atoms with Crippen LogP contribution in [0.3, 0.4) is 0 Å². The Morgan fingerprint density at radius 1 is 1.08 bits per heavy atom. The van der Waals surface area contributed by atoms with Crippen LogP contribution in [-0.4, -0.2) is 38.7 Å². The first-order valence-electron chi connectivity index (χ1n) is 9.67. The Kier molecular flexibility index (Phi) is 7.10. The number of nitrogens with zero attached hydrogens (tertiary/aromatic N) is 1. The van der Waals surface area contributed by atoms with Crippen LogP contribution in [0.4, 0.5) is 0 Å². The summed E-state index contributed by atoms with van der Waals surface area (Å²) in [7, 11) is 3.41. The third kappa shape index (κ3) is 5.47. The summed E-state index contributed by atoms with van der Waals surface area (Å²) in [5.74, 6) is 2.84. The molecule has 0 saturated heterocycles. The van der Waals surface area contributed by atoms with Crippen LogP contribution in [0.5, 0.6) is 11.5 Å². The number of hydrogen-bond donors (Lipinski definition) is 0. The first-order chi connectivity index (χ1) is 12.2. The molecule has 4 heteroatoms. The van der Waals surface area contributed by atoms with Gasteiger partial charge in [0, 0.05) is 31.4 Å². The molecule has 146 valence electrons. The zero-order valence-electron chi connectivity index (χ0n) is 17.5. The van der Waals surface area contributed by atoms with Crippen LogP contribution in [0.1, 0.15) is 58.6 Å². The number of methoxy groups -OCH3 is 2. The molecule has 0 spiro atoms. The van der Waals surface area contributed by atoms with Gasteiger partial charge in [-0.25, -0.2) is 0 Å². The van der Waals surface area contributed by atoms with Crippen molar-refractivity contribution < 1.29 is 14.2 Å². The zero-order chi connectivity index (χ0) is 19.3. The lowest BCUT2D eigenvalue weighted by Gasteiger charge is -2.31. The summed E-state index contributed by atoms with van der Waals surface area (Å²) in [6.07, 6.45) is 2.95. The predicted molar refractivity (Wildman–Crippen MR) is 108 cm³/mol. The summed E-state index contributed by atoms with van der Waals surface area (Å²) in [6, 6.07) is 4.27. The Morgan fingerprint density at radius 3 is 2.38 bits per heavy atom. The van der Waals surface area contributed by atoms with Gasteiger partial charge in [0.15, 0.2) is 11.5 Å². The second-order valence-electron chi connectivity index (χ2n) is 8.50. The number of fused-ring (bicyclic) bond motifs is 1. The smallest absolute Gasteiger partial charge is 0.161 e. The SMILES string of the molecule is COCCCOc1cc2c(cc1OC)C(=NC(C)(C)C)CC(C(C)C)C2. The summed E-state index contributed by atoms with van der Waals surface area (Å²) in [4.78, 5) is 5.04. The molecule has 0 amide bonds. The largest absolute Gasteiger partial charge is 0.493 e. The molecule has 1 aliphatic rings. The van der Waals surface area contributed by atoms with Crippen molar-refractivity contribution >= 4 is 5.71 Å². The monoisotopic (exact) mass is 361 g/mol. The van der Waals surface area contributed by atoms with E-state index in [9.17, 15) is 0 Å². The van der Waals surface area contributed by atoms with Crippen molar-refractivity contribution in [1.82, 2.24) is 0 Å². The van der Waals surface area contributed by atoms with Crippen molar-refractivity contribution in [2.75, 3.05) is 27.4 Å². The lowest BCUT2D eigenvalue weighted by molar-refractivity contribution is 0.170. The number of ether oxygens (including phenoxy) is 3. The van der Waals surface area contributed by atoms with E-state index in [0.29, 0.717) is 25.0 Å². The van der Waals surface area contributed by atoms with E-state index in [1.807, 2.05) is 0 Å². The number of rotatable bonds is 7. The van der Waals surface area contributed by atoms with E-state index in [4.69, 9.17) is 19.2 Å². The van der Waals surface area contributed by atoms with Crippen LogP contribution in [0.25, 0.3) is 0 Å². The van der Waals surface area contributed by atoms with E-state index in [0.717, 1.165) is 30.8 Å². The van der Waals surface area contributed by atoms with E-state index in [1.54, 1.807) is 14.2 Å². The molecule has 0 radical (unpaired) electrons. The van der Waals surface area contributed by atoms with Gasteiger partial charge in [0.05, 0.1) is 19.3 Å². The quantitative estimate of drug-likeness (QED) is 0.647. The number of hydrogen-bond acceptors (Lipinski definition) is 4. The fourth-order valence-electron chi connectivity index (χ4n) is 3.39. The third-order valence-electron chi connectivity index (χ3n) is 4.80. The minimum atomic E-state index is -0.0893. The minimum absolute atomic E-state index is 0.0893. The van der Waals surface area contributed by atoms with Gasteiger partial charge in [0.2, 0.25) is 0 Å². The van der Waals surface area contributed by atoms with Crippen LogP contribution >= 0.6 is 0 Å². The topological polar surface area (TPSA) is 40.0 Å². The van der Waals surface area contributed by atoms with Crippen LogP contribution in [0.15, 0.2) is 17.1 Å². The molecule has 4 nitrogen and oxygen atoms in total. The normalized spacial score (nSPS) is 18.9. The lowest BCUT2D eigenvalue weighted by atomic mass is 9.77. The first-order valence-corrected chi connectivity index (χ1v) is 9.67. The van der Waals surface area contributed by atoms with Crippen molar-refractivity contribution in [3.8, 4) is 11.5 Å². The van der Waals surface area contributed by atoms with Crippen LogP contribution < -0.4 is 9.47 Å². The van der Waals surface area contributed by atoms with E-state index in [2.05, 4.69) is 46.8 Å². The Morgan fingerprint density at radius 2 is 1.81 bits per heavy atom. The zero-order valence-corrected chi connectivity index (χ0v) is 17.5. The van der Waals surface area contributed by atoms with Gasteiger partial charge >= 0.3 is 0 Å². The summed E-state index contributed by atoms with van der Waals surface area (Å²) < 4.78 is 16.7. The second kappa shape index (κ2) is 8.90. The average molecular weight is 362 g/mol. The van der Waals surface area contributed by atoms with Crippen molar-refractivity contribution in [3.05, 3.63) is 23.3 Å². The molecule has 26 heavy (non-hydrogen) atoms. The molecule has 1 aromatic carbocycles. The molecule has 0 N–H and O–H groups in total. The van der Waals surface area contributed by atoms with E-state index >= 15 is 0 Å². The van der Waals surface area contributed by atoms with Crippen LogP contribution in [0.2, 0.25) is 0 Å². The van der Waals surface area contributed by atoms with Crippen molar-refractivity contribution in [1.29, 1.82) is 0 Å². The Bertz CT molecular complexity index is 629. The fraction of sp³-hybridized carbons (Fsp3) is 0.682. The van der Waals surface area contributed by atoms with Gasteiger partial charge in [-0.1, -0.05) is 13.8 Å². The summed E-state index contributed by atoms with van der Waals surface area (Å²) in [6.45, 7) is 12.4. The van der Waals surface area contributed by atoms with Crippen LogP contribution in [-0.2, 0) is 11.2 Å². The first kappa shape index (κ1) is 20.8. The van der Waals surface area contributed by atoms with Gasteiger partial charge in [-0.15, -0.1) is 0 Å². The number of aliphatic imine (C=N–C) groups is 1. The standard InChI is InChI=1S/C22H35NO3/c1-15(2)16-11-17-13-21(26-10-8-9-24-6)20(25-7)14-18(17)19(12-16)23-22(3,4)5/h13-16H,8-12H2,1-7H3. The summed E-state index contributed by atoms with van der Waals surface area (Å²) in [5, 5.41) is 0. The van der Waals surface area contributed by atoms with Crippen LogP contribution in [0, 0.1) is 11.8 Å². The summed E-state index contributed by atoms with van der Waals surface area (Å²) >= 11 is 0. The van der Waals surface area contributed by atoms with Gasteiger partial charge in [0.1, 0.15) is 0 Å². The van der Waals surface area contributed by atoms with Gasteiger partial charge in [-0.2, -0.15) is 0 Å². The molecular weight excluding hydrogens is 326 g/mol. The highest BCUT2D eigenvalue weighted by Crippen LogP contribution is 2.38. The molecule has 1 aromatic rings. The molecule has 0 aliphatic heterocycles. The van der Waals surface area contributed by atoms with Gasteiger partial charge in [-0.05, 0) is 63.1 Å². The molecule has 0 fully saturated rings.